The first kappa shape index (κ1) is 19.5. The maximum atomic E-state index is 12.7. The van der Waals surface area contributed by atoms with Gasteiger partial charge in [-0.1, -0.05) is 18.2 Å². The molecule has 1 aliphatic heterocycles. The summed E-state index contributed by atoms with van der Waals surface area (Å²) in [6, 6.07) is 22.8. The van der Waals surface area contributed by atoms with Crippen molar-refractivity contribution in [3.63, 3.8) is 0 Å². The fourth-order valence-electron chi connectivity index (χ4n) is 3.66. The number of methoxy groups -OCH3 is 1. The molecule has 2 heterocycles. The average Bonchev–Trinajstić information content (AvgIpc) is 3.27. The normalized spacial score (nSPS) is 14.1. The molecule has 29 heavy (non-hydrogen) atoms. The van der Waals surface area contributed by atoms with Crippen molar-refractivity contribution in [1.29, 1.82) is 0 Å². The van der Waals surface area contributed by atoms with Gasteiger partial charge >= 0.3 is 0 Å². The molecule has 0 saturated carbocycles. The van der Waals surface area contributed by atoms with E-state index < -0.39 is 0 Å². The Balaban J connectivity index is 1.27. The Bertz CT molecular complexity index is 929. The Kier molecular flexibility index (Phi) is 6.15. The number of benzene rings is 2. The third-order valence-electron chi connectivity index (χ3n) is 5.38. The number of nitrogens with zero attached hydrogens (tertiary/aromatic N) is 2. The molecule has 2 aromatic carbocycles. The standard InChI is InChI=1S/C24H26N2O2S/c1-28-21-9-7-19(8-10-21)23-13-11-22(29-23)12-14-24(27)26-17-15-25(16-18-26)20-5-3-2-4-6-20/h2-11,13H,12,14-18H2,1H3. The SMILES string of the molecule is COc1ccc(-c2ccc(CCC(=O)N3CCN(c4ccccc4)CC3)s2)cc1. The third-order valence-corrected chi connectivity index (χ3v) is 6.57. The van der Waals surface area contributed by atoms with Crippen molar-refractivity contribution in [2.75, 3.05) is 38.2 Å². The molecule has 0 atom stereocenters. The molecule has 1 saturated heterocycles. The summed E-state index contributed by atoms with van der Waals surface area (Å²) in [6.07, 6.45) is 1.38. The number of aryl methyl sites for hydroxylation is 1. The highest BCUT2D eigenvalue weighted by Crippen LogP contribution is 2.30. The first-order valence-electron chi connectivity index (χ1n) is 10.0. The van der Waals surface area contributed by atoms with Crippen LogP contribution in [0, 0.1) is 0 Å². The number of hydrogen-bond donors (Lipinski definition) is 0. The van der Waals surface area contributed by atoms with E-state index in [1.165, 1.54) is 21.0 Å². The Morgan fingerprint density at radius 3 is 2.34 bits per heavy atom. The fourth-order valence-corrected chi connectivity index (χ4v) is 4.68. The highest BCUT2D eigenvalue weighted by molar-refractivity contribution is 7.15. The molecule has 4 rings (SSSR count). The maximum absolute atomic E-state index is 12.7. The number of piperazine rings is 1. The molecule has 0 aliphatic carbocycles. The summed E-state index contributed by atoms with van der Waals surface area (Å²) in [6.45, 7) is 3.40. The summed E-state index contributed by atoms with van der Waals surface area (Å²) in [5.74, 6) is 1.13. The number of rotatable bonds is 6. The second-order valence-electron chi connectivity index (χ2n) is 7.20. The van der Waals surface area contributed by atoms with Crippen molar-refractivity contribution in [1.82, 2.24) is 4.90 Å². The summed E-state index contributed by atoms with van der Waals surface area (Å²) >= 11 is 1.77. The molecular weight excluding hydrogens is 380 g/mol. The lowest BCUT2D eigenvalue weighted by Gasteiger charge is -2.36. The quantitative estimate of drug-likeness (QED) is 0.595. The first-order valence-corrected chi connectivity index (χ1v) is 10.9. The number of anilines is 1. The van der Waals surface area contributed by atoms with E-state index in [0.29, 0.717) is 6.42 Å². The first-order chi connectivity index (χ1) is 14.2. The number of hydrogen-bond acceptors (Lipinski definition) is 4. The van der Waals surface area contributed by atoms with Crippen LogP contribution in [-0.4, -0.2) is 44.1 Å². The molecule has 150 valence electrons. The van der Waals surface area contributed by atoms with Gasteiger partial charge < -0.3 is 14.5 Å². The Labute approximate surface area is 176 Å². The predicted molar refractivity (Wildman–Crippen MR) is 120 cm³/mol. The predicted octanol–water partition coefficient (Wildman–Crippen LogP) is 4.71. The van der Waals surface area contributed by atoms with E-state index in [0.717, 1.165) is 38.3 Å². The van der Waals surface area contributed by atoms with Crippen LogP contribution in [0.15, 0.2) is 66.7 Å². The molecule has 0 unspecified atom stereocenters. The van der Waals surface area contributed by atoms with E-state index in [1.54, 1.807) is 18.4 Å². The Hall–Kier alpha value is -2.79. The number of para-hydroxylation sites is 1. The molecule has 0 bridgehead atoms. The molecule has 1 amide bonds. The molecule has 4 nitrogen and oxygen atoms in total. The van der Waals surface area contributed by atoms with Gasteiger partial charge in [-0.05, 0) is 60.5 Å². The minimum atomic E-state index is 0.261. The number of carbonyl (C=O) groups is 1. The van der Waals surface area contributed by atoms with Crippen LogP contribution in [0.3, 0.4) is 0 Å². The molecule has 1 aromatic heterocycles. The molecular formula is C24H26N2O2S. The van der Waals surface area contributed by atoms with Crippen LogP contribution >= 0.6 is 11.3 Å². The van der Waals surface area contributed by atoms with Crippen LogP contribution in [0.4, 0.5) is 5.69 Å². The van der Waals surface area contributed by atoms with Gasteiger partial charge in [0.05, 0.1) is 7.11 Å². The van der Waals surface area contributed by atoms with Gasteiger partial charge in [0.15, 0.2) is 0 Å². The van der Waals surface area contributed by atoms with E-state index in [-0.39, 0.29) is 5.91 Å². The minimum Gasteiger partial charge on any atom is -0.497 e. The zero-order valence-electron chi connectivity index (χ0n) is 16.7. The van der Waals surface area contributed by atoms with Gasteiger partial charge in [-0.3, -0.25) is 4.79 Å². The van der Waals surface area contributed by atoms with Gasteiger partial charge in [0, 0.05) is 48.0 Å². The zero-order chi connectivity index (χ0) is 20.1. The Morgan fingerprint density at radius 1 is 0.931 bits per heavy atom. The topological polar surface area (TPSA) is 32.8 Å². The monoisotopic (exact) mass is 406 g/mol. The van der Waals surface area contributed by atoms with Crippen LogP contribution < -0.4 is 9.64 Å². The Morgan fingerprint density at radius 2 is 1.66 bits per heavy atom. The lowest BCUT2D eigenvalue weighted by atomic mass is 10.2. The van der Waals surface area contributed by atoms with Gasteiger partial charge in [-0.25, -0.2) is 0 Å². The van der Waals surface area contributed by atoms with E-state index in [4.69, 9.17) is 4.74 Å². The van der Waals surface area contributed by atoms with Crippen LogP contribution in [-0.2, 0) is 11.2 Å². The number of carbonyl (C=O) groups excluding carboxylic acids is 1. The average molecular weight is 407 g/mol. The molecule has 3 aromatic rings. The van der Waals surface area contributed by atoms with Crippen molar-refractivity contribution in [3.8, 4) is 16.2 Å². The smallest absolute Gasteiger partial charge is 0.223 e. The van der Waals surface area contributed by atoms with E-state index >= 15 is 0 Å². The van der Waals surface area contributed by atoms with Crippen molar-refractivity contribution in [3.05, 3.63) is 71.6 Å². The molecule has 0 radical (unpaired) electrons. The number of amides is 1. The largest absolute Gasteiger partial charge is 0.497 e. The van der Waals surface area contributed by atoms with Gasteiger partial charge in [0.1, 0.15) is 5.75 Å². The van der Waals surface area contributed by atoms with Crippen molar-refractivity contribution in [2.24, 2.45) is 0 Å². The lowest BCUT2D eigenvalue weighted by Crippen LogP contribution is -2.48. The van der Waals surface area contributed by atoms with E-state index in [2.05, 4.69) is 53.4 Å². The maximum Gasteiger partial charge on any atom is 0.223 e. The minimum absolute atomic E-state index is 0.261. The van der Waals surface area contributed by atoms with E-state index in [1.807, 2.05) is 23.1 Å². The van der Waals surface area contributed by atoms with Crippen molar-refractivity contribution in [2.45, 2.75) is 12.8 Å². The van der Waals surface area contributed by atoms with Gasteiger partial charge in [0.2, 0.25) is 5.91 Å². The highest BCUT2D eigenvalue weighted by Gasteiger charge is 2.21. The fraction of sp³-hybridized carbons (Fsp3) is 0.292. The second-order valence-corrected chi connectivity index (χ2v) is 8.37. The summed E-state index contributed by atoms with van der Waals surface area (Å²) in [7, 11) is 1.68. The van der Waals surface area contributed by atoms with Crippen LogP contribution in [0.5, 0.6) is 5.75 Å². The lowest BCUT2D eigenvalue weighted by molar-refractivity contribution is -0.131. The van der Waals surface area contributed by atoms with Gasteiger partial charge in [0.25, 0.3) is 0 Å². The van der Waals surface area contributed by atoms with Crippen molar-refractivity contribution < 1.29 is 9.53 Å². The summed E-state index contributed by atoms with van der Waals surface area (Å²) < 4.78 is 5.22. The second kappa shape index (κ2) is 9.14. The third kappa shape index (κ3) is 4.80. The van der Waals surface area contributed by atoms with Gasteiger partial charge in [-0.15, -0.1) is 11.3 Å². The zero-order valence-corrected chi connectivity index (χ0v) is 17.5. The van der Waals surface area contributed by atoms with Gasteiger partial charge in [-0.2, -0.15) is 0 Å². The van der Waals surface area contributed by atoms with Crippen LogP contribution in [0.25, 0.3) is 10.4 Å². The summed E-state index contributed by atoms with van der Waals surface area (Å²) in [5.41, 5.74) is 2.43. The summed E-state index contributed by atoms with van der Waals surface area (Å²) in [5, 5.41) is 0. The molecule has 0 N–H and O–H groups in total. The van der Waals surface area contributed by atoms with Crippen LogP contribution in [0.1, 0.15) is 11.3 Å². The number of thiophene rings is 1. The van der Waals surface area contributed by atoms with Crippen molar-refractivity contribution >= 4 is 22.9 Å². The summed E-state index contributed by atoms with van der Waals surface area (Å²) in [4.78, 5) is 19.5. The molecule has 1 fully saturated rings. The molecule has 5 heteroatoms. The number of ether oxygens (including phenoxy) is 1. The molecule has 1 aliphatic rings. The van der Waals surface area contributed by atoms with Crippen LogP contribution in [0.2, 0.25) is 0 Å². The molecule has 0 spiro atoms. The van der Waals surface area contributed by atoms with E-state index in [9.17, 15) is 4.79 Å². The highest BCUT2D eigenvalue weighted by atomic mass is 32.1.